The van der Waals surface area contributed by atoms with Crippen molar-refractivity contribution in [3.8, 4) is 5.75 Å². The molecule has 0 bridgehead atoms. The van der Waals surface area contributed by atoms with Gasteiger partial charge in [-0.15, -0.1) is 0 Å². The lowest BCUT2D eigenvalue weighted by Gasteiger charge is -2.20. The number of fused-ring (bicyclic) bond motifs is 1. The van der Waals surface area contributed by atoms with E-state index >= 15 is 0 Å². The Labute approximate surface area is 191 Å². The molecule has 0 aliphatic carbocycles. The number of rotatable bonds is 6. The molecule has 1 aromatic heterocycles. The molecule has 0 saturated heterocycles. The molecule has 5 nitrogen and oxygen atoms in total. The molecule has 0 spiro atoms. The van der Waals surface area contributed by atoms with E-state index < -0.39 is 11.6 Å². The second-order valence-electron chi connectivity index (χ2n) is 7.39. The Hall–Kier alpha value is -3.74. The van der Waals surface area contributed by atoms with Gasteiger partial charge >= 0.3 is 0 Å². The van der Waals surface area contributed by atoms with E-state index in [4.69, 9.17) is 4.74 Å². The van der Waals surface area contributed by atoms with Crippen LogP contribution in [0.5, 0.6) is 5.75 Å². The van der Waals surface area contributed by atoms with Gasteiger partial charge in [0.1, 0.15) is 24.0 Å². The molecule has 2 aromatic carbocycles. The molecule has 3 aromatic rings. The summed E-state index contributed by atoms with van der Waals surface area (Å²) in [5.41, 5.74) is 3.41. The van der Waals surface area contributed by atoms with Crippen LogP contribution in [0.4, 0.5) is 8.78 Å². The number of hydrogen-bond donors (Lipinski definition) is 0. The minimum Gasteiger partial charge on any atom is -0.488 e. The average Bonchev–Trinajstić information content (AvgIpc) is 2.83. The highest BCUT2D eigenvalue weighted by Gasteiger charge is 2.13. The molecule has 0 unspecified atom stereocenters. The minimum absolute atomic E-state index is 0.106. The fourth-order valence-electron chi connectivity index (χ4n) is 3.48. The van der Waals surface area contributed by atoms with Gasteiger partial charge in [-0.3, -0.25) is 9.59 Å². The predicted molar refractivity (Wildman–Crippen MR) is 124 cm³/mol. The van der Waals surface area contributed by atoms with Gasteiger partial charge in [0, 0.05) is 24.0 Å². The van der Waals surface area contributed by atoms with E-state index in [1.807, 2.05) is 38.1 Å². The number of carbonyl (C=O) groups is 1. The molecule has 7 heteroatoms. The van der Waals surface area contributed by atoms with Crippen molar-refractivity contribution in [1.82, 2.24) is 9.47 Å². The van der Waals surface area contributed by atoms with Crippen molar-refractivity contribution in [2.45, 2.75) is 40.5 Å². The van der Waals surface area contributed by atoms with E-state index in [-0.39, 0.29) is 17.7 Å². The Morgan fingerprint density at radius 1 is 1.09 bits per heavy atom. The van der Waals surface area contributed by atoms with Gasteiger partial charge in [-0.1, -0.05) is 26.0 Å². The van der Waals surface area contributed by atoms with Crippen LogP contribution in [0.3, 0.4) is 0 Å². The zero-order valence-corrected chi connectivity index (χ0v) is 18.8. The van der Waals surface area contributed by atoms with Crippen molar-refractivity contribution < 1.29 is 18.3 Å². The molecule has 0 N–H and O–H groups in total. The molecule has 0 atom stereocenters. The molecule has 4 rings (SSSR count). The number of amides is 1. The smallest absolute Gasteiger partial charge is 0.257 e. The molecular weight excluding hydrogens is 426 g/mol. The summed E-state index contributed by atoms with van der Waals surface area (Å²) < 4.78 is 34.0. The molecule has 0 radical (unpaired) electrons. The van der Waals surface area contributed by atoms with Crippen LogP contribution in [0, 0.1) is 18.6 Å². The first-order valence-corrected chi connectivity index (χ1v) is 10.7. The number of halogens is 2. The maximum atomic E-state index is 13.8. The first kappa shape index (κ1) is 23.9. The normalized spacial score (nSPS) is 12.0. The largest absolute Gasteiger partial charge is 0.488 e. The summed E-state index contributed by atoms with van der Waals surface area (Å²) in [6.07, 6.45) is 6.01. The molecule has 33 heavy (non-hydrogen) atoms. The van der Waals surface area contributed by atoms with Gasteiger partial charge in [0.15, 0.2) is 0 Å². The Balaban J connectivity index is 0.00000149. The lowest BCUT2D eigenvalue weighted by atomic mass is 10.0. The fraction of sp³-hybridized carbons (Fsp3) is 0.231. The van der Waals surface area contributed by atoms with Crippen LogP contribution in [0.1, 0.15) is 41.7 Å². The Morgan fingerprint density at radius 2 is 1.88 bits per heavy atom. The number of pyridine rings is 1. The van der Waals surface area contributed by atoms with Crippen LogP contribution < -0.4 is 10.3 Å². The number of hydrogen-bond acceptors (Lipinski definition) is 3. The maximum Gasteiger partial charge on any atom is 0.257 e. The van der Waals surface area contributed by atoms with Crippen molar-refractivity contribution in [2.24, 2.45) is 0 Å². The monoisotopic (exact) mass is 452 g/mol. The number of aromatic nitrogens is 1. The van der Waals surface area contributed by atoms with E-state index in [9.17, 15) is 18.4 Å². The van der Waals surface area contributed by atoms with Crippen LogP contribution in [0.25, 0.3) is 6.08 Å². The van der Waals surface area contributed by atoms with Crippen LogP contribution in [-0.2, 0) is 24.5 Å². The average molecular weight is 453 g/mol. The lowest BCUT2D eigenvalue weighted by Crippen LogP contribution is -2.23. The number of carbonyl (C=O) groups excluding carboxylic acids is 1. The van der Waals surface area contributed by atoms with Gasteiger partial charge < -0.3 is 14.2 Å². The van der Waals surface area contributed by atoms with Crippen LogP contribution in [0.15, 0.2) is 59.7 Å². The van der Waals surface area contributed by atoms with Crippen LogP contribution in [0.2, 0.25) is 0 Å². The standard InChI is InChI=1S/C24H20F2N2O3.C2H6/c1-16-23(31-14-20-4-5-21(25)11-22(20)26)7-9-28(24(16)30)12-17-2-3-19-13-27(15-29)8-6-18(19)10-17;1-2/h2-11,15H,12-14H2,1H3;1-2H3. The first-order chi connectivity index (χ1) is 15.9. The predicted octanol–water partition coefficient (Wildman–Crippen LogP) is 5.03. The summed E-state index contributed by atoms with van der Waals surface area (Å²) in [4.78, 5) is 25.3. The lowest BCUT2D eigenvalue weighted by molar-refractivity contribution is -0.116. The molecule has 1 amide bonds. The van der Waals surface area contributed by atoms with Gasteiger partial charge in [0.05, 0.1) is 18.7 Å². The molecule has 172 valence electrons. The van der Waals surface area contributed by atoms with E-state index in [1.165, 1.54) is 6.07 Å². The summed E-state index contributed by atoms with van der Waals surface area (Å²) in [7, 11) is 0. The SMILES string of the molecule is CC.Cc1c(OCc2ccc(F)cc2F)ccn(Cc2ccc3c(c2)C=CN(C=O)C3)c1=O. The first-order valence-electron chi connectivity index (χ1n) is 10.7. The number of ether oxygens (including phenoxy) is 1. The molecular formula is C26H26F2N2O3. The fourth-order valence-corrected chi connectivity index (χ4v) is 3.48. The minimum atomic E-state index is -0.691. The zero-order chi connectivity index (χ0) is 24.0. The third-order valence-corrected chi connectivity index (χ3v) is 5.25. The highest BCUT2D eigenvalue weighted by atomic mass is 19.1. The van der Waals surface area contributed by atoms with E-state index in [1.54, 1.807) is 34.9 Å². The van der Waals surface area contributed by atoms with Crippen molar-refractivity contribution in [1.29, 1.82) is 0 Å². The Bertz CT molecular complexity index is 1230. The molecule has 0 saturated carbocycles. The van der Waals surface area contributed by atoms with E-state index in [0.717, 1.165) is 35.2 Å². The van der Waals surface area contributed by atoms with E-state index in [2.05, 4.69) is 0 Å². The van der Waals surface area contributed by atoms with Gasteiger partial charge in [0.25, 0.3) is 5.56 Å². The molecule has 0 fully saturated rings. The summed E-state index contributed by atoms with van der Waals surface area (Å²) in [6.45, 7) is 6.45. The van der Waals surface area contributed by atoms with Crippen molar-refractivity contribution in [3.63, 3.8) is 0 Å². The molecule has 2 heterocycles. The molecule has 1 aliphatic heterocycles. The second kappa shape index (κ2) is 10.7. The van der Waals surface area contributed by atoms with Crippen LogP contribution in [-0.4, -0.2) is 15.9 Å². The maximum absolute atomic E-state index is 13.8. The van der Waals surface area contributed by atoms with Gasteiger partial charge in [-0.2, -0.15) is 0 Å². The van der Waals surface area contributed by atoms with Gasteiger partial charge in [-0.25, -0.2) is 8.78 Å². The topological polar surface area (TPSA) is 51.5 Å². The Morgan fingerprint density at radius 3 is 2.61 bits per heavy atom. The van der Waals surface area contributed by atoms with Crippen LogP contribution >= 0.6 is 0 Å². The molecule has 1 aliphatic rings. The highest BCUT2D eigenvalue weighted by molar-refractivity contribution is 5.62. The van der Waals surface area contributed by atoms with Crippen molar-refractivity contribution >= 4 is 12.5 Å². The summed E-state index contributed by atoms with van der Waals surface area (Å²) in [5.74, 6) is -0.991. The van der Waals surface area contributed by atoms with Gasteiger partial charge in [-0.05, 0) is 54.0 Å². The Kier molecular flexibility index (Phi) is 7.77. The van der Waals surface area contributed by atoms with Crippen molar-refractivity contribution in [2.75, 3.05) is 0 Å². The summed E-state index contributed by atoms with van der Waals surface area (Å²) in [5, 5.41) is 0. The quantitative estimate of drug-likeness (QED) is 0.493. The second-order valence-corrected chi connectivity index (χ2v) is 7.39. The summed E-state index contributed by atoms with van der Waals surface area (Å²) >= 11 is 0. The third-order valence-electron chi connectivity index (χ3n) is 5.25. The van der Waals surface area contributed by atoms with Crippen molar-refractivity contribution in [3.05, 3.63) is 105 Å². The van der Waals surface area contributed by atoms with E-state index in [0.29, 0.717) is 24.4 Å². The highest BCUT2D eigenvalue weighted by Crippen LogP contribution is 2.21. The number of nitrogens with zero attached hydrogens (tertiary/aromatic N) is 2. The number of benzene rings is 2. The third kappa shape index (κ3) is 5.55. The zero-order valence-electron chi connectivity index (χ0n) is 18.8. The summed E-state index contributed by atoms with van der Waals surface area (Å²) in [6, 6.07) is 10.8. The van der Waals surface area contributed by atoms with Gasteiger partial charge in [0.2, 0.25) is 6.41 Å².